The van der Waals surface area contributed by atoms with Gasteiger partial charge in [-0.25, -0.2) is 4.79 Å². The lowest BCUT2D eigenvalue weighted by Gasteiger charge is -2.32. The molecular formula is C33H36N6O5. The van der Waals surface area contributed by atoms with E-state index in [-0.39, 0.29) is 6.04 Å². The van der Waals surface area contributed by atoms with Crippen LogP contribution in [0, 0.1) is 0 Å². The van der Waals surface area contributed by atoms with E-state index in [0.717, 1.165) is 55.2 Å². The van der Waals surface area contributed by atoms with Crippen LogP contribution in [0.15, 0.2) is 83.8 Å². The normalized spacial score (nSPS) is 14.0. The molecule has 0 spiro atoms. The lowest BCUT2D eigenvalue weighted by molar-refractivity contribution is 0.209. The van der Waals surface area contributed by atoms with Crippen LogP contribution in [0.1, 0.15) is 32.3 Å². The summed E-state index contributed by atoms with van der Waals surface area (Å²) in [5.41, 5.74) is 3.63. The Morgan fingerprint density at radius 1 is 0.977 bits per heavy atom. The van der Waals surface area contributed by atoms with Crippen LogP contribution < -0.4 is 24.8 Å². The van der Waals surface area contributed by atoms with Gasteiger partial charge in [-0.2, -0.15) is 4.98 Å². The first kappa shape index (κ1) is 29.1. The third kappa shape index (κ3) is 6.78. The lowest BCUT2D eigenvalue weighted by atomic mass is 10.0. The SMILES string of the molecule is CCOc1cc(CN2CCC(Nc3nc4c(OC(=O)Nc5cccnc5)cccc4o3)CC2)cc(OCC)c1-n1cccc1. The van der Waals surface area contributed by atoms with Gasteiger partial charge in [0, 0.05) is 44.3 Å². The maximum atomic E-state index is 12.4. The minimum absolute atomic E-state index is 0.201. The maximum absolute atomic E-state index is 12.4. The van der Waals surface area contributed by atoms with Gasteiger partial charge in [-0.05, 0) is 80.8 Å². The zero-order valence-corrected chi connectivity index (χ0v) is 24.9. The number of pyridine rings is 1. The molecule has 0 saturated carbocycles. The molecule has 1 fully saturated rings. The van der Waals surface area contributed by atoms with Crippen molar-refractivity contribution < 1.29 is 23.4 Å². The molecule has 44 heavy (non-hydrogen) atoms. The molecule has 4 heterocycles. The van der Waals surface area contributed by atoms with Crippen molar-refractivity contribution in [2.45, 2.75) is 39.3 Å². The number of hydrogen-bond acceptors (Lipinski definition) is 9. The molecule has 0 aliphatic carbocycles. The van der Waals surface area contributed by atoms with Gasteiger partial charge in [-0.3, -0.25) is 15.2 Å². The number of ether oxygens (including phenoxy) is 3. The molecule has 11 nitrogen and oxygen atoms in total. The first-order chi connectivity index (χ1) is 21.6. The van der Waals surface area contributed by atoms with Crippen molar-refractivity contribution in [1.82, 2.24) is 19.4 Å². The molecule has 1 aliphatic rings. The Bertz CT molecular complexity index is 1650. The molecule has 1 aliphatic heterocycles. The molecule has 3 aromatic heterocycles. The van der Waals surface area contributed by atoms with Gasteiger partial charge in [0.2, 0.25) is 0 Å². The Kier molecular flexibility index (Phi) is 8.93. The monoisotopic (exact) mass is 596 g/mol. The van der Waals surface area contributed by atoms with Gasteiger partial charge < -0.3 is 28.5 Å². The molecule has 0 unspecified atom stereocenters. The molecule has 0 bridgehead atoms. The highest BCUT2D eigenvalue weighted by atomic mass is 16.6. The lowest BCUT2D eigenvalue weighted by Crippen LogP contribution is -2.38. The average Bonchev–Trinajstić information content (AvgIpc) is 3.70. The smallest absolute Gasteiger partial charge is 0.417 e. The van der Waals surface area contributed by atoms with E-state index in [2.05, 4.69) is 37.6 Å². The number of oxazole rings is 1. The molecule has 2 N–H and O–H groups in total. The number of anilines is 2. The van der Waals surface area contributed by atoms with Crippen molar-refractivity contribution in [2.75, 3.05) is 36.9 Å². The third-order valence-electron chi connectivity index (χ3n) is 7.38. The van der Waals surface area contributed by atoms with Crippen LogP contribution >= 0.6 is 0 Å². The number of carbonyl (C=O) groups is 1. The van der Waals surface area contributed by atoms with Crippen molar-refractivity contribution in [3.8, 4) is 22.9 Å². The van der Waals surface area contributed by atoms with Gasteiger partial charge >= 0.3 is 6.09 Å². The van der Waals surface area contributed by atoms with E-state index in [1.165, 1.54) is 0 Å². The van der Waals surface area contributed by atoms with Crippen molar-refractivity contribution in [1.29, 1.82) is 0 Å². The Labute approximate surface area is 255 Å². The highest BCUT2D eigenvalue weighted by molar-refractivity contribution is 5.90. The van der Waals surface area contributed by atoms with Crippen molar-refractivity contribution in [3.05, 3.63) is 84.9 Å². The number of likely N-dealkylation sites (tertiary alicyclic amines) is 1. The maximum Gasteiger partial charge on any atom is 0.417 e. The predicted octanol–water partition coefficient (Wildman–Crippen LogP) is 6.50. The number of para-hydroxylation sites is 1. The van der Waals surface area contributed by atoms with E-state index in [1.807, 2.05) is 42.9 Å². The molecule has 0 radical (unpaired) electrons. The van der Waals surface area contributed by atoms with E-state index in [0.29, 0.717) is 41.8 Å². The van der Waals surface area contributed by atoms with Crippen LogP contribution in [-0.4, -0.2) is 57.9 Å². The van der Waals surface area contributed by atoms with Crippen LogP contribution in [-0.2, 0) is 6.54 Å². The summed E-state index contributed by atoms with van der Waals surface area (Å²) in [4.78, 5) is 23.5. The van der Waals surface area contributed by atoms with Gasteiger partial charge in [0.05, 0.1) is 25.1 Å². The quantitative estimate of drug-likeness (QED) is 0.176. The number of benzene rings is 2. The van der Waals surface area contributed by atoms with E-state index in [1.54, 1.807) is 42.7 Å². The summed E-state index contributed by atoms with van der Waals surface area (Å²) in [6.45, 7) is 7.75. The van der Waals surface area contributed by atoms with E-state index in [9.17, 15) is 4.79 Å². The number of amides is 1. The third-order valence-corrected chi connectivity index (χ3v) is 7.38. The average molecular weight is 597 g/mol. The summed E-state index contributed by atoms with van der Waals surface area (Å²) in [6, 6.07) is 17.6. The Balaban J connectivity index is 1.08. The van der Waals surface area contributed by atoms with Crippen molar-refractivity contribution in [2.24, 2.45) is 0 Å². The number of nitrogens with zero attached hydrogens (tertiary/aromatic N) is 4. The second-order valence-electron chi connectivity index (χ2n) is 10.5. The number of carbonyl (C=O) groups excluding carboxylic acids is 1. The summed E-state index contributed by atoms with van der Waals surface area (Å²) in [7, 11) is 0. The second kappa shape index (κ2) is 13.5. The molecular weight excluding hydrogens is 560 g/mol. The highest BCUT2D eigenvalue weighted by Crippen LogP contribution is 2.36. The molecule has 6 rings (SSSR count). The Morgan fingerprint density at radius 3 is 2.41 bits per heavy atom. The summed E-state index contributed by atoms with van der Waals surface area (Å²) in [6.07, 6.45) is 8.40. The highest BCUT2D eigenvalue weighted by Gasteiger charge is 2.23. The molecule has 0 atom stereocenters. The Morgan fingerprint density at radius 2 is 1.73 bits per heavy atom. The molecule has 1 saturated heterocycles. The summed E-state index contributed by atoms with van der Waals surface area (Å²) >= 11 is 0. The molecule has 5 aromatic rings. The number of nitrogens with one attached hydrogen (secondary N) is 2. The van der Waals surface area contributed by atoms with E-state index >= 15 is 0 Å². The fraction of sp³-hybridized carbons (Fsp3) is 0.303. The zero-order chi connectivity index (χ0) is 30.3. The number of fused-ring (bicyclic) bond motifs is 1. The number of hydrogen-bond donors (Lipinski definition) is 2. The van der Waals surface area contributed by atoms with Crippen molar-refractivity contribution in [3.63, 3.8) is 0 Å². The first-order valence-electron chi connectivity index (χ1n) is 14.9. The Hall–Kier alpha value is -5.03. The molecule has 1 amide bonds. The van der Waals surface area contributed by atoms with Gasteiger partial charge in [0.25, 0.3) is 6.01 Å². The number of piperidine rings is 1. The first-order valence-corrected chi connectivity index (χ1v) is 14.9. The zero-order valence-electron chi connectivity index (χ0n) is 24.9. The molecule has 11 heteroatoms. The van der Waals surface area contributed by atoms with Crippen LogP contribution in [0.5, 0.6) is 17.2 Å². The van der Waals surface area contributed by atoms with Crippen LogP contribution in [0.4, 0.5) is 16.5 Å². The summed E-state index contributed by atoms with van der Waals surface area (Å²) in [5.74, 6) is 1.95. The fourth-order valence-corrected chi connectivity index (χ4v) is 5.41. The van der Waals surface area contributed by atoms with Gasteiger partial charge in [0.1, 0.15) is 17.2 Å². The standard InChI is InChI=1S/C33H36N6O5/c1-3-41-28-19-23(20-29(42-4-2)31(28)39-15-5-6-16-39)22-38-17-12-24(13-18-38)35-32-37-30-26(43-32)10-7-11-27(30)44-33(40)36-25-9-8-14-34-21-25/h5-11,14-16,19-21,24H,3-4,12-13,17-18,22H2,1-2H3,(H,35,37)(H,36,40). The minimum Gasteiger partial charge on any atom is -0.492 e. The molecule has 228 valence electrons. The number of rotatable bonds is 11. The topological polar surface area (TPSA) is 116 Å². The summed E-state index contributed by atoms with van der Waals surface area (Å²) in [5, 5.41) is 6.10. The fourth-order valence-electron chi connectivity index (χ4n) is 5.41. The van der Waals surface area contributed by atoms with Gasteiger partial charge in [-0.15, -0.1) is 0 Å². The van der Waals surface area contributed by atoms with E-state index < -0.39 is 6.09 Å². The second-order valence-corrected chi connectivity index (χ2v) is 10.5. The predicted molar refractivity (Wildman–Crippen MR) is 168 cm³/mol. The molecule has 2 aromatic carbocycles. The number of aromatic nitrogens is 3. The van der Waals surface area contributed by atoms with Gasteiger partial charge in [-0.1, -0.05) is 6.07 Å². The van der Waals surface area contributed by atoms with Gasteiger partial charge in [0.15, 0.2) is 16.8 Å². The minimum atomic E-state index is -0.628. The van der Waals surface area contributed by atoms with E-state index in [4.69, 9.17) is 18.6 Å². The summed E-state index contributed by atoms with van der Waals surface area (Å²) < 4.78 is 25.6. The van der Waals surface area contributed by atoms with Crippen LogP contribution in [0.25, 0.3) is 16.8 Å². The largest absolute Gasteiger partial charge is 0.492 e. The van der Waals surface area contributed by atoms with Crippen molar-refractivity contribution >= 4 is 28.9 Å². The van der Waals surface area contributed by atoms with Crippen LogP contribution in [0.2, 0.25) is 0 Å². The van der Waals surface area contributed by atoms with Crippen LogP contribution in [0.3, 0.4) is 0 Å².